The van der Waals surface area contributed by atoms with Gasteiger partial charge in [-0.1, -0.05) is 12.1 Å². The highest BCUT2D eigenvalue weighted by atomic mass is 19.1. The molecular weight excluding hydrogens is 493 g/mol. The molecule has 1 aliphatic carbocycles. The summed E-state index contributed by atoms with van der Waals surface area (Å²) in [4.78, 5) is 17.4. The van der Waals surface area contributed by atoms with E-state index in [1.165, 1.54) is 37.7 Å². The lowest BCUT2D eigenvalue weighted by Gasteiger charge is -2.10. The number of hydrogen-bond donors (Lipinski definition) is 3. The SMILES string of the molecule is CNC(=O)c1c(-c2ccc(F)cc2)oc2cc(-c3ncoc3-c3ccc(B(O)O)c(F)c3)c(C3CC3)cc12. The second-order valence-electron chi connectivity index (χ2n) is 9.24. The first-order valence-corrected chi connectivity index (χ1v) is 12.0. The maximum atomic E-state index is 14.5. The number of aromatic nitrogens is 1. The summed E-state index contributed by atoms with van der Waals surface area (Å²) in [6.45, 7) is 0. The van der Waals surface area contributed by atoms with E-state index < -0.39 is 18.8 Å². The third-order valence-corrected chi connectivity index (χ3v) is 6.80. The zero-order valence-electron chi connectivity index (χ0n) is 20.2. The number of fused-ring (bicyclic) bond motifs is 1. The van der Waals surface area contributed by atoms with E-state index in [4.69, 9.17) is 8.83 Å². The summed E-state index contributed by atoms with van der Waals surface area (Å²) < 4.78 is 40.0. The predicted molar refractivity (Wildman–Crippen MR) is 138 cm³/mol. The van der Waals surface area contributed by atoms with Crippen LogP contribution in [0.2, 0.25) is 0 Å². The Hall–Kier alpha value is -4.28. The number of carbonyl (C=O) groups excluding carboxylic acids is 1. The molecule has 38 heavy (non-hydrogen) atoms. The fourth-order valence-electron chi connectivity index (χ4n) is 4.77. The summed E-state index contributed by atoms with van der Waals surface area (Å²) in [5.41, 5.74) is 3.60. The van der Waals surface area contributed by atoms with Crippen molar-refractivity contribution in [3.05, 3.63) is 83.8 Å². The van der Waals surface area contributed by atoms with Gasteiger partial charge >= 0.3 is 7.12 Å². The lowest BCUT2D eigenvalue weighted by Crippen LogP contribution is -2.32. The van der Waals surface area contributed by atoms with Gasteiger partial charge in [-0.05, 0) is 66.8 Å². The molecule has 5 aromatic rings. The standard InChI is InChI=1S/C28H21BF2N2O5/c1-32-28(34)24-20-11-18(14-2-3-14)19(12-23(20)38-26(24)15-4-7-17(30)8-5-15)25-27(37-13-33-25)16-6-9-21(29(35)36)22(31)10-16/h4-14,35-36H,2-3H2,1H3,(H,32,34). The lowest BCUT2D eigenvalue weighted by molar-refractivity contribution is 0.0964. The van der Waals surface area contributed by atoms with Crippen LogP contribution in [0.25, 0.3) is 44.9 Å². The van der Waals surface area contributed by atoms with E-state index in [1.807, 2.05) is 6.07 Å². The molecule has 0 saturated heterocycles. The number of nitrogens with zero attached hydrogens (tertiary/aromatic N) is 1. The molecule has 7 nitrogen and oxygen atoms in total. The topological polar surface area (TPSA) is 109 Å². The van der Waals surface area contributed by atoms with Crippen molar-refractivity contribution in [2.24, 2.45) is 0 Å². The maximum Gasteiger partial charge on any atom is 0.491 e. The van der Waals surface area contributed by atoms with E-state index in [9.17, 15) is 23.6 Å². The molecule has 1 fully saturated rings. The van der Waals surface area contributed by atoms with Crippen molar-refractivity contribution >= 4 is 29.5 Å². The number of carbonyl (C=O) groups is 1. The Labute approximate surface area is 215 Å². The highest BCUT2D eigenvalue weighted by Crippen LogP contribution is 2.48. The molecule has 10 heteroatoms. The molecule has 3 aromatic carbocycles. The van der Waals surface area contributed by atoms with Gasteiger partial charge in [0.2, 0.25) is 0 Å². The molecule has 0 radical (unpaired) electrons. The van der Waals surface area contributed by atoms with Gasteiger partial charge in [-0.15, -0.1) is 0 Å². The first-order valence-electron chi connectivity index (χ1n) is 12.0. The van der Waals surface area contributed by atoms with Crippen LogP contribution in [0, 0.1) is 11.6 Å². The summed E-state index contributed by atoms with van der Waals surface area (Å²) in [6.07, 6.45) is 3.18. The van der Waals surface area contributed by atoms with Crippen LogP contribution in [0.5, 0.6) is 0 Å². The van der Waals surface area contributed by atoms with Gasteiger partial charge in [0, 0.05) is 34.6 Å². The number of nitrogens with one attached hydrogen (secondary N) is 1. The molecule has 0 spiro atoms. The summed E-state index contributed by atoms with van der Waals surface area (Å²) in [7, 11) is -0.404. The Morgan fingerprint density at radius 2 is 1.76 bits per heavy atom. The van der Waals surface area contributed by atoms with Crippen LogP contribution in [0.4, 0.5) is 8.78 Å². The van der Waals surface area contributed by atoms with Gasteiger partial charge in [-0.25, -0.2) is 13.8 Å². The minimum Gasteiger partial charge on any atom is -0.455 e. The fourth-order valence-corrected chi connectivity index (χ4v) is 4.77. The Kier molecular flexibility index (Phi) is 5.85. The van der Waals surface area contributed by atoms with E-state index in [0.29, 0.717) is 44.9 Å². The number of hydrogen-bond acceptors (Lipinski definition) is 6. The van der Waals surface area contributed by atoms with Crippen LogP contribution >= 0.6 is 0 Å². The minimum absolute atomic E-state index is 0.240. The number of halogens is 2. The van der Waals surface area contributed by atoms with Gasteiger partial charge in [-0.3, -0.25) is 4.79 Å². The van der Waals surface area contributed by atoms with Crippen molar-refractivity contribution < 1.29 is 32.5 Å². The Balaban J connectivity index is 1.55. The molecule has 2 aromatic heterocycles. The highest BCUT2D eigenvalue weighted by molar-refractivity contribution is 6.58. The number of oxazole rings is 1. The van der Waals surface area contributed by atoms with Crippen molar-refractivity contribution in [2.75, 3.05) is 7.05 Å². The number of rotatable bonds is 6. The number of furan rings is 1. The zero-order valence-corrected chi connectivity index (χ0v) is 20.2. The largest absolute Gasteiger partial charge is 0.491 e. The van der Waals surface area contributed by atoms with Crippen LogP contribution in [-0.2, 0) is 0 Å². The van der Waals surface area contributed by atoms with Crippen molar-refractivity contribution in [2.45, 2.75) is 18.8 Å². The quantitative estimate of drug-likeness (QED) is 0.286. The van der Waals surface area contributed by atoms with E-state index in [1.54, 1.807) is 18.2 Å². The van der Waals surface area contributed by atoms with Crippen molar-refractivity contribution in [1.82, 2.24) is 10.3 Å². The normalized spacial score (nSPS) is 13.2. The molecule has 1 saturated carbocycles. The third-order valence-electron chi connectivity index (χ3n) is 6.80. The smallest absolute Gasteiger partial charge is 0.455 e. The third kappa shape index (κ3) is 4.08. The Morgan fingerprint density at radius 1 is 1.03 bits per heavy atom. The first kappa shape index (κ1) is 24.1. The molecule has 3 N–H and O–H groups in total. The van der Waals surface area contributed by atoms with E-state index in [2.05, 4.69) is 10.3 Å². The average Bonchev–Trinajstić information content (AvgIpc) is 3.51. The van der Waals surface area contributed by atoms with Gasteiger partial charge in [-0.2, -0.15) is 0 Å². The van der Waals surface area contributed by atoms with Crippen LogP contribution in [0.3, 0.4) is 0 Å². The van der Waals surface area contributed by atoms with Gasteiger partial charge in [0.25, 0.3) is 5.91 Å². The zero-order chi connectivity index (χ0) is 26.6. The second kappa shape index (κ2) is 9.23. The molecule has 2 heterocycles. The average molecular weight is 514 g/mol. The lowest BCUT2D eigenvalue weighted by atomic mass is 9.79. The van der Waals surface area contributed by atoms with Crippen LogP contribution in [0.1, 0.15) is 34.7 Å². The Bertz CT molecular complexity index is 1690. The molecule has 6 rings (SSSR count). The van der Waals surface area contributed by atoms with E-state index in [0.717, 1.165) is 30.0 Å². The van der Waals surface area contributed by atoms with Crippen LogP contribution in [-0.4, -0.2) is 35.1 Å². The Morgan fingerprint density at radius 3 is 2.42 bits per heavy atom. The molecule has 1 amide bonds. The number of benzene rings is 3. The van der Waals surface area contributed by atoms with E-state index in [-0.39, 0.29) is 17.3 Å². The maximum absolute atomic E-state index is 14.5. The molecule has 0 aliphatic heterocycles. The van der Waals surface area contributed by atoms with E-state index >= 15 is 0 Å². The molecule has 0 bridgehead atoms. The predicted octanol–water partition coefficient (Wildman–Crippen LogP) is 4.62. The van der Waals surface area contributed by atoms with Crippen LogP contribution < -0.4 is 10.8 Å². The van der Waals surface area contributed by atoms with Gasteiger partial charge in [0.1, 0.15) is 28.7 Å². The highest BCUT2D eigenvalue weighted by Gasteiger charge is 2.32. The van der Waals surface area contributed by atoms with Gasteiger partial charge < -0.3 is 24.2 Å². The first-order chi connectivity index (χ1) is 18.4. The minimum atomic E-state index is -1.94. The molecule has 190 valence electrons. The van der Waals surface area contributed by atoms with Gasteiger partial charge in [0.15, 0.2) is 12.2 Å². The fraction of sp³-hybridized carbons (Fsp3) is 0.143. The summed E-state index contributed by atoms with van der Waals surface area (Å²) >= 11 is 0. The summed E-state index contributed by atoms with van der Waals surface area (Å²) in [5.74, 6) is -0.658. The van der Waals surface area contributed by atoms with Crippen LogP contribution in [0.15, 0.2) is 69.8 Å². The van der Waals surface area contributed by atoms with Crippen molar-refractivity contribution in [1.29, 1.82) is 0 Å². The molecule has 1 aliphatic rings. The molecular formula is C28H21BF2N2O5. The van der Waals surface area contributed by atoms with Crippen molar-refractivity contribution in [3.8, 4) is 33.9 Å². The number of amides is 1. The monoisotopic (exact) mass is 514 g/mol. The van der Waals surface area contributed by atoms with Crippen molar-refractivity contribution in [3.63, 3.8) is 0 Å². The molecule has 0 atom stereocenters. The summed E-state index contributed by atoms with van der Waals surface area (Å²) in [6, 6.07) is 13.4. The molecule has 0 unspecified atom stereocenters. The summed E-state index contributed by atoms with van der Waals surface area (Å²) in [5, 5.41) is 22.0. The second-order valence-corrected chi connectivity index (χ2v) is 9.24. The van der Waals surface area contributed by atoms with Gasteiger partial charge in [0.05, 0.1) is 5.56 Å².